The molecule has 0 radical (unpaired) electrons. The summed E-state index contributed by atoms with van der Waals surface area (Å²) >= 11 is 0. The topological polar surface area (TPSA) is 12.0 Å². The lowest BCUT2D eigenvalue weighted by atomic mass is 9.78. The summed E-state index contributed by atoms with van der Waals surface area (Å²) in [7, 11) is 0. The Morgan fingerprint density at radius 1 is 1.24 bits per heavy atom. The minimum Gasteiger partial charge on any atom is -0.314 e. The highest BCUT2D eigenvalue weighted by Crippen LogP contribution is 2.63. The average Bonchev–Trinajstić information content (AvgIpc) is 2.87. The summed E-state index contributed by atoms with van der Waals surface area (Å²) < 4.78 is 37.7. The Morgan fingerprint density at radius 2 is 1.82 bits per heavy atom. The summed E-state index contributed by atoms with van der Waals surface area (Å²) in [5.74, 6) is -0.411. The number of halogens is 3. The van der Waals surface area contributed by atoms with E-state index in [4.69, 9.17) is 0 Å². The molecular formula is C13H22F3N. The van der Waals surface area contributed by atoms with E-state index in [9.17, 15) is 13.2 Å². The molecule has 1 spiro atoms. The largest absolute Gasteiger partial charge is 0.391 e. The Balaban J connectivity index is 1.77. The van der Waals surface area contributed by atoms with Gasteiger partial charge in [0.25, 0.3) is 0 Å². The van der Waals surface area contributed by atoms with Crippen molar-refractivity contribution in [3.8, 4) is 0 Å². The molecule has 100 valence electrons. The first-order chi connectivity index (χ1) is 7.83. The molecule has 4 heteroatoms. The van der Waals surface area contributed by atoms with Crippen molar-refractivity contribution in [3.63, 3.8) is 0 Å². The molecule has 0 aromatic carbocycles. The van der Waals surface area contributed by atoms with Gasteiger partial charge in [0.1, 0.15) is 0 Å². The number of alkyl halides is 3. The molecule has 2 aliphatic carbocycles. The fraction of sp³-hybridized carbons (Fsp3) is 1.00. The normalized spacial score (nSPS) is 37.8. The van der Waals surface area contributed by atoms with Crippen molar-refractivity contribution in [2.45, 2.75) is 58.2 Å². The van der Waals surface area contributed by atoms with Gasteiger partial charge >= 0.3 is 6.18 Å². The van der Waals surface area contributed by atoms with E-state index in [-0.39, 0.29) is 5.41 Å². The lowest BCUT2D eigenvalue weighted by molar-refractivity contribution is -0.185. The Hall–Kier alpha value is -0.250. The molecule has 0 aromatic heterocycles. The van der Waals surface area contributed by atoms with Crippen LogP contribution in [-0.4, -0.2) is 18.8 Å². The molecule has 0 aliphatic heterocycles. The highest BCUT2D eigenvalue weighted by molar-refractivity contribution is 5.05. The van der Waals surface area contributed by atoms with Crippen LogP contribution in [0.25, 0.3) is 0 Å². The summed E-state index contributed by atoms with van der Waals surface area (Å²) in [4.78, 5) is 0. The van der Waals surface area contributed by atoms with Gasteiger partial charge in [-0.15, -0.1) is 0 Å². The van der Waals surface area contributed by atoms with Gasteiger partial charge in [-0.25, -0.2) is 0 Å². The van der Waals surface area contributed by atoms with Crippen LogP contribution >= 0.6 is 0 Å². The summed E-state index contributed by atoms with van der Waals surface area (Å²) in [6.45, 7) is 5.19. The number of nitrogens with one attached hydrogen (secondary N) is 1. The summed E-state index contributed by atoms with van der Waals surface area (Å²) in [5.41, 5.74) is 0.267. The first-order valence-corrected chi connectivity index (χ1v) is 6.63. The summed E-state index contributed by atoms with van der Waals surface area (Å²) in [6, 6.07) is 0.471. The molecule has 17 heavy (non-hydrogen) atoms. The maximum absolute atomic E-state index is 12.6. The van der Waals surface area contributed by atoms with Crippen LogP contribution in [-0.2, 0) is 0 Å². The van der Waals surface area contributed by atoms with E-state index in [1.54, 1.807) is 0 Å². The maximum atomic E-state index is 12.6. The summed E-state index contributed by atoms with van der Waals surface area (Å²) in [5, 5.41) is 3.40. The molecule has 2 aliphatic rings. The first-order valence-electron chi connectivity index (χ1n) is 6.63. The van der Waals surface area contributed by atoms with Gasteiger partial charge in [-0.05, 0) is 50.0 Å². The maximum Gasteiger partial charge on any atom is 0.391 e. The van der Waals surface area contributed by atoms with Crippen LogP contribution in [0.1, 0.15) is 46.0 Å². The number of rotatable bonds is 3. The molecule has 0 amide bonds. The Morgan fingerprint density at radius 3 is 2.29 bits per heavy atom. The quantitative estimate of drug-likeness (QED) is 0.803. The lowest BCUT2D eigenvalue weighted by Gasteiger charge is -2.31. The van der Waals surface area contributed by atoms with Crippen molar-refractivity contribution >= 4 is 0 Å². The van der Waals surface area contributed by atoms with Crippen molar-refractivity contribution in [1.82, 2.24) is 5.32 Å². The SMILES string of the molecule is CC(C)NCC1CC12CCC(C(F)(F)F)CC2. The zero-order valence-corrected chi connectivity index (χ0v) is 10.6. The highest BCUT2D eigenvalue weighted by Gasteiger charge is 2.56. The van der Waals surface area contributed by atoms with Gasteiger partial charge in [-0.1, -0.05) is 13.8 Å². The second kappa shape index (κ2) is 4.45. The van der Waals surface area contributed by atoms with Gasteiger partial charge < -0.3 is 5.32 Å². The van der Waals surface area contributed by atoms with Crippen LogP contribution in [0.3, 0.4) is 0 Å². The lowest BCUT2D eigenvalue weighted by Crippen LogP contribution is -2.31. The van der Waals surface area contributed by atoms with Crippen molar-refractivity contribution in [2.24, 2.45) is 17.3 Å². The van der Waals surface area contributed by atoms with Crippen LogP contribution in [0, 0.1) is 17.3 Å². The molecule has 1 nitrogen and oxygen atoms in total. The van der Waals surface area contributed by atoms with Gasteiger partial charge in [0.15, 0.2) is 0 Å². The fourth-order valence-electron chi connectivity index (χ4n) is 3.23. The second-order valence-corrected chi connectivity index (χ2v) is 6.14. The van der Waals surface area contributed by atoms with Gasteiger partial charge in [-0.3, -0.25) is 0 Å². The van der Waals surface area contributed by atoms with Gasteiger partial charge in [-0.2, -0.15) is 13.2 Å². The van der Waals surface area contributed by atoms with Gasteiger partial charge in [0, 0.05) is 6.04 Å². The van der Waals surface area contributed by atoms with E-state index in [2.05, 4.69) is 19.2 Å². The number of hydrogen-bond acceptors (Lipinski definition) is 1. The van der Waals surface area contributed by atoms with Crippen LogP contribution in [0.15, 0.2) is 0 Å². The molecule has 1 N–H and O–H groups in total. The third kappa shape index (κ3) is 2.95. The van der Waals surface area contributed by atoms with E-state index in [1.165, 1.54) is 0 Å². The fourth-order valence-corrected chi connectivity index (χ4v) is 3.23. The summed E-state index contributed by atoms with van der Waals surface area (Å²) in [6.07, 6.45) is -0.577. The minimum atomic E-state index is -3.97. The Bertz CT molecular complexity index is 264. The third-order valence-corrected chi connectivity index (χ3v) is 4.58. The molecule has 1 unspecified atom stereocenters. The van der Waals surface area contributed by atoms with E-state index >= 15 is 0 Å². The molecule has 0 bridgehead atoms. The van der Waals surface area contributed by atoms with Crippen LogP contribution in [0.5, 0.6) is 0 Å². The predicted octanol–water partition coefficient (Wildman–Crippen LogP) is 3.74. The van der Waals surface area contributed by atoms with Crippen molar-refractivity contribution < 1.29 is 13.2 Å². The molecule has 2 rings (SSSR count). The number of hydrogen-bond donors (Lipinski definition) is 1. The van der Waals surface area contributed by atoms with Gasteiger partial charge in [0.2, 0.25) is 0 Å². The van der Waals surface area contributed by atoms with E-state index in [0.717, 1.165) is 25.8 Å². The predicted molar refractivity (Wildman–Crippen MR) is 61.7 cm³/mol. The molecule has 0 heterocycles. The first kappa shape index (κ1) is 13.2. The molecule has 0 aromatic rings. The van der Waals surface area contributed by atoms with Gasteiger partial charge in [0.05, 0.1) is 5.92 Å². The zero-order valence-electron chi connectivity index (χ0n) is 10.6. The van der Waals surface area contributed by atoms with Crippen LogP contribution < -0.4 is 5.32 Å². The second-order valence-electron chi connectivity index (χ2n) is 6.14. The van der Waals surface area contributed by atoms with Crippen LogP contribution in [0.2, 0.25) is 0 Å². The molecule has 2 fully saturated rings. The molecule has 2 saturated carbocycles. The molecule has 1 atom stereocenters. The average molecular weight is 249 g/mol. The monoisotopic (exact) mass is 249 g/mol. The Labute approximate surface area is 101 Å². The van der Waals surface area contributed by atoms with Crippen LogP contribution in [0.4, 0.5) is 13.2 Å². The van der Waals surface area contributed by atoms with E-state index in [0.29, 0.717) is 24.8 Å². The smallest absolute Gasteiger partial charge is 0.314 e. The Kier molecular flexibility index (Phi) is 3.45. The molecule has 0 saturated heterocycles. The highest BCUT2D eigenvalue weighted by atomic mass is 19.4. The van der Waals surface area contributed by atoms with Crippen molar-refractivity contribution in [3.05, 3.63) is 0 Å². The van der Waals surface area contributed by atoms with E-state index < -0.39 is 12.1 Å². The standard InChI is InChI=1S/C13H22F3N/c1-9(2)17-8-11-7-12(11)5-3-10(4-6-12)13(14,15)16/h9-11,17H,3-8H2,1-2H3. The van der Waals surface area contributed by atoms with Crippen molar-refractivity contribution in [2.75, 3.05) is 6.54 Å². The van der Waals surface area contributed by atoms with Crippen molar-refractivity contribution in [1.29, 1.82) is 0 Å². The molecular weight excluding hydrogens is 227 g/mol. The van der Waals surface area contributed by atoms with E-state index in [1.807, 2.05) is 0 Å². The third-order valence-electron chi connectivity index (χ3n) is 4.58. The zero-order chi connectivity index (χ0) is 12.7. The minimum absolute atomic E-state index is 0.267.